The van der Waals surface area contributed by atoms with Gasteiger partial charge in [0.1, 0.15) is 6.61 Å². The predicted molar refractivity (Wildman–Crippen MR) is 90.9 cm³/mol. The van der Waals surface area contributed by atoms with Crippen LogP contribution in [0.25, 0.3) is 6.08 Å². The average molecular weight is 353 g/mol. The number of rotatable bonds is 10. The number of nitrogens with one attached hydrogen (secondary N) is 1. The van der Waals surface area contributed by atoms with Crippen molar-refractivity contribution in [1.82, 2.24) is 4.72 Å². The van der Waals surface area contributed by atoms with Crippen LogP contribution < -0.4 is 4.72 Å². The van der Waals surface area contributed by atoms with Gasteiger partial charge in [0.05, 0.1) is 11.5 Å². The molecule has 0 radical (unpaired) electrons. The van der Waals surface area contributed by atoms with Gasteiger partial charge in [-0.2, -0.15) is 0 Å². The van der Waals surface area contributed by atoms with Gasteiger partial charge in [0, 0.05) is 18.7 Å². The van der Waals surface area contributed by atoms with E-state index in [-0.39, 0.29) is 17.5 Å². The molecule has 0 atom stereocenters. The van der Waals surface area contributed by atoms with Gasteiger partial charge in [-0.15, -0.1) is 0 Å². The van der Waals surface area contributed by atoms with Crippen molar-refractivity contribution in [2.45, 2.75) is 37.1 Å². The summed E-state index contributed by atoms with van der Waals surface area (Å²) in [4.78, 5) is 11.8. The summed E-state index contributed by atoms with van der Waals surface area (Å²) in [5, 5.41) is 0. The first-order chi connectivity index (χ1) is 11.5. The van der Waals surface area contributed by atoms with E-state index in [1.165, 1.54) is 18.2 Å². The zero-order chi connectivity index (χ0) is 17.4. The summed E-state index contributed by atoms with van der Waals surface area (Å²) in [6.45, 7) is 3.26. The third-order valence-corrected chi connectivity index (χ3v) is 4.86. The van der Waals surface area contributed by atoms with Crippen LogP contribution in [-0.2, 0) is 24.3 Å². The minimum Gasteiger partial charge on any atom is -0.460 e. The molecule has 1 aromatic carbocycles. The van der Waals surface area contributed by atoms with Gasteiger partial charge in [0.25, 0.3) is 0 Å². The Hall–Kier alpha value is -1.70. The van der Waals surface area contributed by atoms with E-state index in [2.05, 4.69) is 4.72 Å². The molecule has 6 nitrogen and oxygen atoms in total. The topological polar surface area (TPSA) is 81.7 Å². The highest BCUT2D eigenvalue weighted by molar-refractivity contribution is 7.89. The molecule has 1 aliphatic rings. The molecular weight excluding hydrogens is 330 g/mol. The zero-order valence-electron chi connectivity index (χ0n) is 13.7. The van der Waals surface area contributed by atoms with Crippen LogP contribution in [0, 0.1) is 0 Å². The number of esters is 1. The molecule has 0 aliphatic heterocycles. The lowest BCUT2D eigenvalue weighted by Gasteiger charge is -2.05. The van der Waals surface area contributed by atoms with Gasteiger partial charge in [-0.25, -0.2) is 17.9 Å². The van der Waals surface area contributed by atoms with Crippen molar-refractivity contribution >= 4 is 22.1 Å². The molecule has 1 aliphatic carbocycles. The molecule has 1 saturated carbocycles. The van der Waals surface area contributed by atoms with E-state index in [0.717, 1.165) is 24.8 Å². The van der Waals surface area contributed by atoms with E-state index in [1.807, 2.05) is 6.92 Å². The molecule has 1 N–H and O–H groups in total. The van der Waals surface area contributed by atoms with Crippen LogP contribution in [0.15, 0.2) is 35.2 Å². The van der Waals surface area contributed by atoms with Gasteiger partial charge in [0.2, 0.25) is 10.0 Å². The Bertz CT molecular complexity index is 663. The number of hydrogen-bond acceptors (Lipinski definition) is 5. The molecule has 24 heavy (non-hydrogen) atoms. The van der Waals surface area contributed by atoms with E-state index < -0.39 is 16.0 Å². The SMILES string of the molecule is CCCOCCOC(=O)C=Cc1ccc(S(=O)(=O)NC2CC2)cc1. The van der Waals surface area contributed by atoms with Crippen molar-refractivity contribution in [3.63, 3.8) is 0 Å². The van der Waals surface area contributed by atoms with Crippen LogP contribution >= 0.6 is 0 Å². The summed E-state index contributed by atoms with van der Waals surface area (Å²) in [6, 6.07) is 6.42. The predicted octanol–water partition coefficient (Wildman–Crippen LogP) is 2.11. The second kappa shape index (κ2) is 8.96. The summed E-state index contributed by atoms with van der Waals surface area (Å²) in [5.41, 5.74) is 0.722. The summed E-state index contributed by atoms with van der Waals surface area (Å²) < 4.78 is 36.9. The minimum absolute atomic E-state index is 0.0747. The molecule has 0 bridgehead atoms. The van der Waals surface area contributed by atoms with Crippen molar-refractivity contribution < 1.29 is 22.7 Å². The van der Waals surface area contributed by atoms with Crippen molar-refractivity contribution in [1.29, 1.82) is 0 Å². The van der Waals surface area contributed by atoms with Crippen LogP contribution in [0.5, 0.6) is 0 Å². The zero-order valence-corrected chi connectivity index (χ0v) is 14.6. The number of sulfonamides is 1. The highest BCUT2D eigenvalue weighted by Crippen LogP contribution is 2.22. The standard InChI is InChI=1S/C17H23NO5S/c1-2-11-22-12-13-23-17(19)10-5-14-3-8-16(9-4-14)24(20,21)18-15-6-7-15/h3-5,8-10,15,18H,2,6-7,11-13H2,1H3. The molecule has 0 spiro atoms. The molecule has 0 saturated heterocycles. The molecule has 2 rings (SSSR count). The Morgan fingerprint density at radius 2 is 1.92 bits per heavy atom. The Morgan fingerprint density at radius 1 is 1.21 bits per heavy atom. The summed E-state index contributed by atoms with van der Waals surface area (Å²) >= 11 is 0. The Morgan fingerprint density at radius 3 is 2.54 bits per heavy atom. The largest absolute Gasteiger partial charge is 0.460 e. The average Bonchev–Trinajstić information content (AvgIpc) is 3.36. The fourth-order valence-electron chi connectivity index (χ4n) is 1.91. The second-order valence-corrected chi connectivity index (χ2v) is 7.29. The maximum absolute atomic E-state index is 12.0. The third-order valence-electron chi connectivity index (χ3n) is 3.32. The molecule has 0 aromatic heterocycles. The van der Waals surface area contributed by atoms with Crippen LogP contribution in [-0.4, -0.2) is 40.2 Å². The lowest BCUT2D eigenvalue weighted by Crippen LogP contribution is -2.25. The molecule has 132 valence electrons. The quantitative estimate of drug-likeness (QED) is 0.396. The maximum Gasteiger partial charge on any atom is 0.330 e. The summed E-state index contributed by atoms with van der Waals surface area (Å²) in [5.74, 6) is -0.456. The van der Waals surface area contributed by atoms with Crippen LogP contribution in [0.1, 0.15) is 31.7 Å². The molecule has 0 amide bonds. The number of carbonyl (C=O) groups excluding carboxylic acids is 1. The molecule has 7 heteroatoms. The van der Waals surface area contributed by atoms with Crippen molar-refractivity contribution in [3.8, 4) is 0 Å². The first kappa shape index (κ1) is 18.6. The highest BCUT2D eigenvalue weighted by atomic mass is 32.2. The monoisotopic (exact) mass is 353 g/mol. The fourth-order valence-corrected chi connectivity index (χ4v) is 3.21. The lowest BCUT2D eigenvalue weighted by molar-refractivity contribution is -0.139. The molecule has 0 heterocycles. The molecular formula is C17H23NO5S. The number of ether oxygens (including phenoxy) is 2. The van der Waals surface area contributed by atoms with Crippen molar-refractivity contribution in [3.05, 3.63) is 35.9 Å². The van der Waals surface area contributed by atoms with Gasteiger partial charge in [0.15, 0.2) is 0 Å². The van der Waals surface area contributed by atoms with Gasteiger partial charge in [-0.1, -0.05) is 19.1 Å². The van der Waals surface area contributed by atoms with E-state index in [1.54, 1.807) is 18.2 Å². The highest BCUT2D eigenvalue weighted by Gasteiger charge is 2.27. The van der Waals surface area contributed by atoms with Crippen LogP contribution in [0.4, 0.5) is 0 Å². The normalized spacial score (nSPS) is 14.9. The van der Waals surface area contributed by atoms with Gasteiger partial charge in [-0.05, 0) is 43.0 Å². The Kier molecular flexibility index (Phi) is 6.96. The molecule has 1 fully saturated rings. The van der Waals surface area contributed by atoms with Crippen molar-refractivity contribution in [2.75, 3.05) is 19.8 Å². The number of hydrogen-bond donors (Lipinski definition) is 1. The van der Waals surface area contributed by atoms with Crippen LogP contribution in [0.2, 0.25) is 0 Å². The van der Waals surface area contributed by atoms with E-state index in [4.69, 9.17) is 9.47 Å². The van der Waals surface area contributed by atoms with E-state index >= 15 is 0 Å². The van der Waals surface area contributed by atoms with Crippen molar-refractivity contribution in [2.24, 2.45) is 0 Å². The van der Waals surface area contributed by atoms with E-state index in [9.17, 15) is 13.2 Å². The number of carbonyl (C=O) groups is 1. The molecule has 1 aromatic rings. The number of benzene rings is 1. The summed E-state index contributed by atoms with van der Waals surface area (Å²) in [7, 11) is -3.44. The maximum atomic E-state index is 12.0. The van der Waals surface area contributed by atoms with Gasteiger partial charge >= 0.3 is 5.97 Å². The summed E-state index contributed by atoms with van der Waals surface area (Å²) in [6.07, 6.45) is 5.61. The third kappa shape index (κ3) is 6.43. The van der Waals surface area contributed by atoms with Gasteiger partial charge in [-0.3, -0.25) is 0 Å². The fraction of sp³-hybridized carbons (Fsp3) is 0.471. The smallest absolute Gasteiger partial charge is 0.330 e. The first-order valence-electron chi connectivity index (χ1n) is 8.06. The Labute approximate surface area is 142 Å². The molecule has 0 unspecified atom stereocenters. The van der Waals surface area contributed by atoms with Crippen LogP contribution in [0.3, 0.4) is 0 Å². The van der Waals surface area contributed by atoms with E-state index in [0.29, 0.717) is 13.2 Å². The first-order valence-corrected chi connectivity index (χ1v) is 9.54. The minimum atomic E-state index is -3.44. The second-order valence-electron chi connectivity index (χ2n) is 5.58. The Balaban J connectivity index is 1.81. The van der Waals surface area contributed by atoms with Gasteiger partial charge < -0.3 is 9.47 Å². The lowest BCUT2D eigenvalue weighted by atomic mass is 10.2.